The molecule has 0 aromatic heterocycles. The van der Waals surface area contributed by atoms with Gasteiger partial charge in [-0.15, -0.1) is 0 Å². The van der Waals surface area contributed by atoms with Gasteiger partial charge in [0.2, 0.25) is 5.91 Å². The van der Waals surface area contributed by atoms with Crippen molar-refractivity contribution >= 4 is 11.9 Å². The van der Waals surface area contributed by atoms with Crippen LogP contribution in [0.2, 0.25) is 0 Å². The van der Waals surface area contributed by atoms with Gasteiger partial charge in [0.1, 0.15) is 0 Å². The number of primary amides is 1. The largest absolute Gasteiger partial charge is 0.366 e. The number of rotatable bonds is 5. The lowest BCUT2D eigenvalue weighted by molar-refractivity contribution is 0.1000. The molecule has 0 unspecified atom stereocenters. The summed E-state index contributed by atoms with van der Waals surface area (Å²) < 4.78 is 0. The Labute approximate surface area is 145 Å². The van der Waals surface area contributed by atoms with Crippen molar-refractivity contribution in [3.05, 3.63) is 35.4 Å². The number of hydrogen-bond acceptors (Lipinski definition) is 2. The molecule has 24 heavy (non-hydrogen) atoms. The second-order valence-electron chi connectivity index (χ2n) is 6.97. The Balaban J connectivity index is 1.87. The third kappa shape index (κ3) is 5.25. The Bertz CT molecular complexity index is 576. The quantitative estimate of drug-likeness (QED) is 0.644. The number of hydrogen-bond donors (Lipinski definition) is 2. The highest BCUT2D eigenvalue weighted by atomic mass is 16.1. The topological polar surface area (TPSA) is 70.7 Å². The Kier molecular flexibility index (Phi) is 6.64. The smallest absolute Gasteiger partial charge is 0.248 e. The summed E-state index contributed by atoms with van der Waals surface area (Å²) >= 11 is 0. The fourth-order valence-corrected chi connectivity index (χ4v) is 3.39. The predicted octanol–water partition coefficient (Wildman–Crippen LogP) is 2.62. The zero-order chi connectivity index (χ0) is 17.5. The molecule has 0 aliphatic heterocycles. The van der Waals surface area contributed by atoms with Crippen molar-refractivity contribution in [2.75, 3.05) is 20.6 Å². The van der Waals surface area contributed by atoms with Crippen LogP contribution in [-0.4, -0.2) is 37.4 Å². The van der Waals surface area contributed by atoms with Gasteiger partial charge in [0, 0.05) is 32.7 Å². The van der Waals surface area contributed by atoms with Crippen molar-refractivity contribution in [3.8, 4) is 0 Å². The number of benzene rings is 1. The van der Waals surface area contributed by atoms with Crippen LogP contribution in [0.1, 0.15) is 48.5 Å². The molecule has 1 aliphatic rings. The second kappa shape index (κ2) is 8.71. The van der Waals surface area contributed by atoms with E-state index >= 15 is 0 Å². The summed E-state index contributed by atoms with van der Waals surface area (Å²) in [6, 6.07) is 7.39. The van der Waals surface area contributed by atoms with Crippen molar-refractivity contribution in [1.29, 1.82) is 0 Å². The van der Waals surface area contributed by atoms with Crippen molar-refractivity contribution in [3.63, 3.8) is 0 Å². The maximum Gasteiger partial charge on any atom is 0.248 e. The maximum absolute atomic E-state index is 11.3. The van der Waals surface area contributed by atoms with Crippen LogP contribution in [0.4, 0.5) is 0 Å². The minimum absolute atomic E-state index is 0.398. The van der Waals surface area contributed by atoms with Crippen LogP contribution in [0.25, 0.3) is 0 Å². The van der Waals surface area contributed by atoms with Gasteiger partial charge >= 0.3 is 0 Å². The molecule has 0 spiro atoms. The van der Waals surface area contributed by atoms with E-state index in [1.807, 2.05) is 25.2 Å². The summed E-state index contributed by atoms with van der Waals surface area (Å²) in [6.07, 6.45) is 5.29. The molecule has 0 saturated heterocycles. The lowest BCUT2D eigenvalue weighted by Gasteiger charge is -2.31. The number of guanidine groups is 1. The van der Waals surface area contributed by atoms with Crippen molar-refractivity contribution < 1.29 is 4.79 Å². The third-order valence-corrected chi connectivity index (χ3v) is 4.90. The van der Waals surface area contributed by atoms with E-state index < -0.39 is 5.91 Å². The van der Waals surface area contributed by atoms with Crippen LogP contribution in [0.3, 0.4) is 0 Å². The standard InChI is InChI=1S/C19H30N4O/c1-14-7-9-15(10-8-14)13-23(3)19(21-2)22-12-16-5-4-6-17(11-16)18(20)24/h4-6,11,14-15H,7-10,12-13H2,1-3H3,(H2,20,24)(H,21,22). The van der Waals surface area contributed by atoms with Crippen LogP contribution >= 0.6 is 0 Å². The van der Waals surface area contributed by atoms with Crippen molar-refractivity contribution in [1.82, 2.24) is 10.2 Å². The SMILES string of the molecule is CN=C(NCc1cccc(C(N)=O)c1)N(C)CC1CCC(C)CC1. The molecule has 0 bridgehead atoms. The summed E-state index contributed by atoms with van der Waals surface area (Å²) in [5.74, 6) is 2.12. The highest BCUT2D eigenvalue weighted by molar-refractivity contribution is 5.92. The maximum atomic E-state index is 11.3. The van der Waals surface area contributed by atoms with Crippen molar-refractivity contribution in [2.24, 2.45) is 22.6 Å². The highest BCUT2D eigenvalue weighted by Gasteiger charge is 2.20. The summed E-state index contributed by atoms with van der Waals surface area (Å²) in [4.78, 5) is 17.9. The molecule has 1 saturated carbocycles. The number of carbonyl (C=O) groups excluding carboxylic acids is 1. The average Bonchev–Trinajstić information content (AvgIpc) is 2.57. The number of nitrogens with two attached hydrogens (primary N) is 1. The molecule has 0 heterocycles. The monoisotopic (exact) mass is 330 g/mol. The molecular weight excluding hydrogens is 300 g/mol. The van der Waals surface area contributed by atoms with Crippen LogP contribution < -0.4 is 11.1 Å². The van der Waals surface area contributed by atoms with Crippen LogP contribution in [0.15, 0.2) is 29.3 Å². The van der Waals surface area contributed by atoms with E-state index in [0.29, 0.717) is 12.1 Å². The molecular formula is C19H30N4O. The first-order chi connectivity index (χ1) is 11.5. The molecule has 1 aromatic rings. The molecule has 5 nitrogen and oxygen atoms in total. The fraction of sp³-hybridized carbons (Fsp3) is 0.579. The zero-order valence-electron chi connectivity index (χ0n) is 15.1. The Hall–Kier alpha value is -2.04. The van der Waals surface area contributed by atoms with Crippen LogP contribution in [0.5, 0.6) is 0 Å². The van der Waals surface area contributed by atoms with Gasteiger partial charge in [0.05, 0.1) is 0 Å². The molecule has 3 N–H and O–H groups in total. The highest BCUT2D eigenvalue weighted by Crippen LogP contribution is 2.28. The fourth-order valence-electron chi connectivity index (χ4n) is 3.39. The first kappa shape index (κ1) is 18.3. The van der Waals surface area contributed by atoms with Crippen LogP contribution in [0, 0.1) is 11.8 Å². The van der Waals surface area contributed by atoms with E-state index in [1.54, 1.807) is 6.07 Å². The summed E-state index contributed by atoms with van der Waals surface area (Å²) in [6.45, 7) is 4.01. The van der Waals surface area contributed by atoms with Gasteiger partial charge in [-0.2, -0.15) is 0 Å². The average molecular weight is 330 g/mol. The number of amides is 1. The van der Waals surface area contributed by atoms with E-state index in [2.05, 4.69) is 29.2 Å². The van der Waals surface area contributed by atoms with Gasteiger partial charge in [-0.25, -0.2) is 0 Å². The van der Waals surface area contributed by atoms with E-state index in [1.165, 1.54) is 25.7 Å². The molecule has 1 aromatic carbocycles. The summed E-state index contributed by atoms with van der Waals surface area (Å²) in [7, 11) is 3.90. The Morgan fingerprint density at radius 3 is 2.67 bits per heavy atom. The molecule has 1 amide bonds. The van der Waals surface area contributed by atoms with Gasteiger partial charge in [-0.3, -0.25) is 9.79 Å². The van der Waals surface area contributed by atoms with Gasteiger partial charge < -0.3 is 16.0 Å². The summed E-state index contributed by atoms with van der Waals surface area (Å²) in [5.41, 5.74) is 6.89. The van der Waals surface area contributed by atoms with Gasteiger partial charge in [0.25, 0.3) is 0 Å². The normalized spacial score (nSPS) is 21.4. The number of carbonyl (C=O) groups is 1. The molecule has 5 heteroatoms. The molecule has 2 rings (SSSR count). The van der Waals surface area contributed by atoms with E-state index in [9.17, 15) is 4.79 Å². The number of nitrogens with zero attached hydrogens (tertiary/aromatic N) is 2. The van der Waals surface area contributed by atoms with E-state index in [0.717, 1.165) is 29.9 Å². The van der Waals surface area contributed by atoms with Crippen LogP contribution in [-0.2, 0) is 6.54 Å². The molecule has 132 valence electrons. The number of aliphatic imine (C=N–C) groups is 1. The third-order valence-electron chi connectivity index (χ3n) is 4.90. The first-order valence-corrected chi connectivity index (χ1v) is 8.80. The lowest BCUT2D eigenvalue weighted by Crippen LogP contribution is -2.41. The predicted molar refractivity (Wildman–Crippen MR) is 98.9 cm³/mol. The van der Waals surface area contributed by atoms with Gasteiger partial charge in [-0.1, -0.05) is 31.9 Å². The molecule has 1 fully saturated rings. The van der Waals surface area contributed by atoms with Gasteiger partial charge in [-0.05, 0) is 42.4 Å². The second-order valence-corrected chi connectivity index (χ2v) is 6.97. The number of nitrogens with one attached hydrogen (secondary N) is 1. The molecule has 1 aliphatic carbocycles. The zero-order valence-corrected chi connectivity index (χ0v) is 15.1. The minimum atomic E-state index is -0.398. The lowest BCUT2D eigenvalue weighted by atomic mass is 9.83. The van der Waals surface area contributed by atoms with Gasteiger partial charge in [0.15, 0.2) is 5.96 Å². The van der Waals surface area contributed by atoms with E-state index in [4.69, 9.17) is 5.73 Å². The van der Waals surface area contributed by atoms with Crippen molar-refractivity contribution in [2.45, 2.75) is 39.2 Å². The summed E-state index contributed by atoms with van der Waals surface area (Å²) in [5, 5.41) is 3.37. The Morgan fingerprint density at radius 1 is 1.33 bits per heavy atom. The first-order valence-electron chi connectivity index (χ1n) is 8.80. The van der Waals surface area contributed by atoms with E-state index in [-0.39, 0.29) is 0 Å². The Morgan fingerprint density at radius 2 is 2.04 bits per heavy atom. The minimum Gasteiger partial charge on any atom is -0.366 e. The molecule has 0 radical (unpaired) electrons. The molecule has 0 atom stereocenters.